The summed E-state index contributed by atoms with van der Waals surface area (Å²) < 4.78 is 0. The minimum atomic E-state index is 0.156. The Morgan fingerprint density at radius 3 is 2.77 bits per heavy atom. The zero-order chi connectivity index (χ0) is 9.42. The number of phenolic OH excluding ortho intramolecular Hbond substituents is 1. The second kappa shape index (κ2) is 2.97. The first-order chi connectivity index (χ1) is 6.18. The number of halogens is 1. The van der Waals surface area contributed by atoms with Crippen molar-refractivity contribution in [1.82, 2.24) is 0 Å². The maximum atomic E-state index is 9.28. The van der Waals surface area contributed by atoms with Crippen LogP contribution in [0.3, 0.4) is 0 Å². The van der Waals surface area contributed by atoms with E-state index < -0.39 is 0 Å². The lowest BCUT2D eigenvalue weighted by Gasteiger charge is -2.04. The van der Waals surface area contributed by atoms with Gasteiger partial charge in [0.1, 0.15) is 13.6 Å². The number of hydrogen-bond donors (Lipinski definition) is 1. The fourth-order valence-electron chi connectivity index (χ4n) is 1.39. The SMILES string of the molecule is [B]c1cccc2cc(O)cc(Cl)c12. The molecule has 0 heterocycles. The van der Waals surface area contributed by atoms with Crippen molar-refractivity contribution < 1.29 is 5.11 Å². The molecule has 3 heteroatoms. The third kappa shape index (κ3) is 1.38. The van der Waals surface area contributed by atoms with Crippen molar-refractivity contribution in [3.05, 3.63) is 35.4 Å². The van der Waals surface area contributed by atoms with Crippen LogP contribution in [0.2, 0.25) is 5.02 Å². The molecule has 0 aliphatic heterocycles. The van der Waals surface area contributed by atoms with Crippen LogP contribution >= 0.6 is 11.6 Å². The monoisotopic (exact) mass is 188 g/mol. The highest BCUT2D eigenvalue weighted by Crippen LogP contribution is 2.26. The van der Waals surface area contributed by atoms with Gasteiger partial charge in [-0.1, -0.05) is 35.3 Å². The van der Waals surface area contributed by atoms with Crippen molar-refractivity contribution in [3.63, 3.8) is 0 Å². The molecule has 0 unspecified atom stereocenters. The lowest BCUT2D eigenvalue weighted by molar-refractivity contribution is 0.476. The largest absolute Gasteiger partial charge is 0.508 e. The van der Waals surface area contributed by atoms with E-state index in [0.717, 1.165) is 10.8 Å². The number of benzene rings is 2. The Balaban J connectivity index is 2.94. The quantitative estimate of drug-likeness (QED) is 0.627. The minimum absolute atomic E-state index is 0.156. The number of phenols is 1. The summed E-state index contributed by atoms with van der Waals surface area (Å²) in [6, 6.07) is 8.59. The van der Waals surface area contributed by atoms with Crippen molar-refractivity contribution in [2.24, 2.45) is 0 Å². The smallest absolute Gasteiger partial charge is 0.117 e. The van der Waals surface area contributed by atoms with Crippen molar-refractivity contribution in [2.75, 3.05) is 0 Å². The highest BCUT2D eigenvalue weighted by Gasteiger charge is 2.02. The van der Waals surface area contributed by atoms with Crippen LogP contribution in [0.5, 0.6) is 5.75 Å². The summed E-state index contributed by atoms with van der Waals surface area (Å²) in [6.45, 7) is 0. The van der Waals surface area contributed by atoms with Gasteiger partial charge in [0.2, 0.25) is 0 Å². The molecule has 0 saturated heterocycles. The van der Waals surface area contributed by atoms with Crippen LogP contribution < -0.4 is 5.46 Å². The van der Waals surface area contributed by atoms with Gasteiger partial charge >= 0.3 is 0 Å². The fourth-order valence-corrected chi connectivity index (χ4v) is 1.72. The van der Waals surface area contributed by atoms with Crippen LogP contribution in [0.25, 0.3) is 10.8 Å². The third-order valence-electron chi connectivity index (χ3n) is 1.95. The second-order valence-corrected chi connectivity index (χ2v) is 3.28. The Hall–Kier alpha value is -1.15. The molecule has 0 aromatic heterocycles. The van der Waals surface area contributed by atoms with Crippen molar-refractivity contribution in [2.45, 2.75) is 0 Å². The molecule has 2 radical (unpaired) electrons. The zero-order valence-corrected chi connectivity index (χ0v) is 7.55. The molecule has 0 atom stereocenters. The van der Waals surface area contributed by atoms with Gasteiger partial charge in [0.05, 0.1) is 5.02 Å². The molecule has 1 N–H and O–H groups in total. The lowest BCUT2D eigenvalue weighted by atomic mass is 9.90. The van der Waals surface area contributed by atoms with Crippen molar-refractivity contribution >= 4 is 35.7 Å². The third-order valence-corrected chi connectivity index (χ3v) is 2.24. The summed E-state index contributed by atoms with van der Waals surface area (Å²) in [5.74, 6) is 0.156. The van der Waals surface area contributed by atoms with Gasteiger partial charge in [0.25, 0.3) is 0 Å². The van der Waals surface area contributed by atoms with Crippen molar-refractivity contribution in [3.8, 4) is 5.75 Å². The Kier molecular flexibility index (Phi) is 1.93. The minimum Gasteiger partial charge on any atom is -0.508 e. The van der Waals surface area contributed by atoms with Gasteiger partial charge in [0.15, 0.2) is 0 Å². The van der Waals surface area contributed by atoms with Crippen LogP contribution in [0, 0.1) is 0 Å². The fraction of sp³-hybridized carbons (Fsp3) is 0. The number of hydrogen-bond acceptors (Lipinski definition) is 1. The maximum absolute atomic E-state index is 9.28. The van der Waals surface area contributed by atoms with Gasteiger partial charge in [-0.2, -0.15) is 0 Å². The van der Waals surface area contributed by atoms with E-state index in [2.05, 4.69) is 0 Å². The van der Waals surface area contributed by atoms with E-state index in [1.54, 1.807) is 12.1 Å². The molecule has 2 aromatic rings. The first kappa shape index (κ1) is 8.45. The summed E-state index contributed by atoms with van der Waals surface area (Å²) in [5, 5.41) is 11.4. The molecule has 0 aliphatic carbocycles. The Morgan fingerprint density at radius 1 is 1.23 bits per heavy atom. The molecule has 0 amide bonds. The van der Waals surface area contributed by atoms with Crippen LogP contribution in [0.1, 0.15) is 0 Å². The molecule has 13 heavy (non-hydrogen) atoms. The first-order valence-electron chi connectivity index (χ1n) is 3.85. The van der Waals surface area contributed by atoms with E-state index in [9.17, 15) is 5.11 Å². The summed E-state index contributed by atoms with van der Waals surface area (Å²) in [7, 11) is 5.74. The van der Waals surface area contributed by atoms with Gasteiger partial charge in [-0.3, -0.25) is 0 Å². The van der Waals surface area contributed by atoms with E-state index in [1.165, 1.54) is 6.07 Å². The summed E-state index contributed by atoms with van der Waals surface area (Å²) >= 11 is 5.93. The van der Waals surface area contributed by atoms with Gasteiger partial charge in [-0.05, 0) is 22.9 Å². The average molecular weight is 188 g/mol. The molecule has 2 aromatic carbocycles. The zero-order valence-electron chi connectivity index (χ0n) is 6.79. The van der Waals surface area contributed by atoms with Crippen LogP contribution in [-0.4, -0.2) is 13.0 Å². The number of rotatable bonds is 0. The summed E-state index contributed by atoms with van der Waals surface area (Å²) in [6.07, 6.45) is 0. The van der Waals surface area contributed by atoms with Gasteiger partial charge < -0.3 is 5.11 Å². The second-order valence-electron chi connectivity index (χ2n) is 2.87. The molecule has 0 saturated carbocycles. The normalized spacial score (nSPS) is 10.5. The lowest BCUT2D eigenvalue weighted by Crippen LogP contribution is -2.02. The summed E-state index contributed by atoms with van der Waals surface area (Å²) in [5.41, 5.74) is 0.627. The van der Waals surface area contributed by atoms with Crippen molar-refractivity contribution in [1.29, 1.82) is 0 Å². The van der Waals surface area contributed by atoms with E-state index in [4.69, 9.17) is 19.4 Å². The Bertz CT molecular complexity index is 468. The van der Waals surface area contributed by atoms with Crippen LogP contribution in [-0.2, 0) is 0 Å². The molecule has 1 nitrogen and oxygen atoms in total. The van der Waals surface area contributed by atoms with Gasteiger partial charge in [-0.25, -0.2) is 0 Å². The summed E-state index contributed by atoms with van der Waals surface area (Å²) in [4.78, 5) is 0. The van der Waals surface area contributed by atoms with Gasteiger partial charge in [-0.15, -0.1) is 0 Å². The maximum Gasteiger partial charge on any atom is 0.117 e. The predicted molar refractivity (Wildman–Crippen MR) is 56.0 cm³/mol. The van der Waals surface area contributed by atoms with E-state index in [0.29, 0.717) is 10.5 Å². The highest BCUT2D eigenvalue weighted by molar-refractivity contribution is 6.45. The Morgan fingerprint density at radius 2 is 2.00 bits per heavy atom. The predicted octanol–water partition coefficient (Wildman–Crippen LogP) is 1.99. The standard InChI is InChI=1S/C10H6BClO/c11-8-3-1-2-6-4-7(13)5-9(12)10(6)8/h1-5,13H. The van der Waals surface area contributed by atoms with Crippen LogP contribution in [0.15, 0.2) is 30.3 Å². The van der Waals surface area contributed by atoms with E-state index in [-0.39, 0.29) is 5.75 Å². The topological polar surface area (TPSA) is 20.2 Å². The van der Waals surface area contributed by atoms with E-state index >= 15 is 0 Å². The molecule has 2 rings (SSSR count). The number of aromatic hydroxyl groups is 1. The Labute approximate surface area is 82.4 Å². The molecule has 0 bridgehead atoms. The molecular formula is C10H6BClO. The number of fused-ring (bicyclic) bond motifs is 1. The molecular weight excluding hydrogens is 182 g/mol. The van der Waals surface area contributed by atoms with E-state index in [1.807, 2.05) is 12.1 Å². The highest BCUT2D eigenvalue weighted by atomic mass is 35.5. The molecule has 0 aliphatic rings. The first-order valence-corrected chi connectivity index (χ1v) is 4.23. The molecule has 0 fully saturated rings. The average Bonchev–Trinajstić information content (AvgIpc) is 2.02. The van der Waals surface area contributed by atoms with Crippen LogP contribution in [0.4, 0.5) is 0 Å². The molecule has 62 valence electrons. The molecule has 0 spiro atoms. The van der Waals surface area contributed by atoms with Gasteiger partial charge in [0, 0.05) is 0 Å².